The van der Waals surface area contributed by atoms with Crippen molar-refractivity contribution < 1.29 is 0 Å². The quantitative estimate of drug-likeness (QED) is 0.664. The van der Waals surface area contributed by atoms with Gasteiger partial charge in [-0.05, 0) is 12.1 Å². The first-order valence-electron chi connectivity index (χ1n) is 3.55. The Hall–Kier alpha value is -1.28. The zero-order valence-electron chi connectivity index (χ0n) is 6.17. The molecule has 1 aromatic carbocycles. The summed E-state index contributed by atoms with van der Waals surface area (Å²) in [6, 6.07) is 6.80. The minimum absolute atomic E-state index is 0.0469. The number of aromatic nitrogens is 1. The van der Waals surface area contributed by atoms with Crippen molar-refractivity contribution in [2.45, 2.75) is 0 Å². The molecule has 0 amide bonds. The zero-order valence-corrected chi connectivity index (χ0v) is 6.93. The monoisotopic (exact) mass is 181 g/mol. The van der Waals surface area contributed by atoms with E-state index in [9.17, 15) is 4.79 Å². The van der Waals surface area contributed by atoms with Crippen LogP contribution in [-0.4, -0.2) is 4.98 Å². The average Bonchev–Trinajstić information content (AvgIpc) is 2.04. The van der Waals surface area contributed by atoms with Crippen molar-refractivity contribution in [3.8, 4) is 0 Å². The number of nitrogens with one attached hydrogen (secondary N) is 1. The maximum absolute atomic E-state index is 11.3. The van der Waals surface area contributed by atoms with Crippen LogP contribution in [0, 0.1) is 0 Å². The molecule has 60 valence electrons. The topological polar surface area (TPSA) is 32.9 Å². The molecule has 2 rings (SSSR count). The molecule has 0 saturated heterocycles. The van der Waals surface area contributed by atoms with Gasteiger partial charge in [0.25, 0.3) is 0 Å². The minimum Gasteiger partial charge on any atom is -0.361 e. The third-order valence-electron chi connectivity index (χ3n) is 1.73. The van der Waals surface area contributed by atoms with Crippen LogP contribution < -0.4 is 5.43 Å². The summed E-state index contributed by atoms with van der Waals surface area (Å²) in [7, 11) is 0. The fourth-order valence-electron chi connectivity index (χ4n) is 1.19. The third kappa shape index (κ3) is 1.01. The van der Waals surface area contributed by atoms with Crippen molar-refractivity contribution >= 4 is 22.5 Å². The lowest BCUT2D eigenvalue weighted by Gasteiger charge is -1.96. The number of hydrogen-bond acceptors (Lipinski definition) is 1. The number of benzene rings is 1. The van der Waals surface area contributed by atoms with Gasteiger partial charge < -0.3 is 4.98 Å². The van der Waals surface area contributed by atoms with Crippen LogP contribution in [0.4, 0.5) is 0 Å². The largest absolute Gasteiger partial charge is 0.361 e. The van der Waals surface area contributed by atoms with Crippen molar-refractivity contribution in [1.29, 1.82) is 0 Å². The maximum atomic E-state index is 11.3. The number of hydrogen-bond donors (Lipinski definition) is 1. The Labute approximate surface area is 73.8 Å². The van der Waals surface area contributed by atoms with Crippen LogP contribution in [0.1, 0.15) is 0 Å². The molecule has 0 aliphatic carbocycles. The Morgan fingerprint density at radius 3 is 3.00 bits per heavy atom. The molecule has 1 heterocycles. The standard InChI is InChI=1S/C9H6ClNO/c10-6-2-1-3-7-9(6)8(12)4-5-11-7/h1-5H,(H,11,12)/i4+2. The van der Waals surface area contributed by atoms with E-state index in [0.29, 0.717) is 10.4 Å². The first-order chi connectivity index (χ1) is 5.79. The second-order valence-electron chi connectivity index (χ2n) is 2.50. The van der Waals surface area contributed by atoms with Crippen LogP contribution in [0.15, 0.2) is 35.3 Å². The number of halogens is 1. The first kappa shape index (κ1) is 7.37. The smallest absolute Gasteiger partial charge is 0.190 e. The molecule has 0 saturated carbocycles. The SMILES string of the molecule is O=c1[14cH]c[nH]c2cccc(Cl)c12. The molecule has 0 aliphatic rings. The molecule has 0 aliphatic heterocycles. The molecule has 1 N–H and O–H groups in total. The Kier molecular flexibility index (Phi) is 1.62. The van der Waals surface area contributed by atoms with Gasteiger partial charge in [0.05, 0.1) is 15.9 Å². The molecule has 0 unspecified atom stereocenters. The molecule has 0 fully saturated rings. The highest BCUT2D eigenvalue weighted by atomic mass is 35.5. The predicted octanol–water partition coefficient (Wildman–Crippen LogP) is 2.18. The van der Waals surface area contributed by atoms with Crippen molar-refractivity contribution in [1.82, 2.24) is 4.98 Å². The Bertz CT molecular complexity index is 470. The number of fused-ring (bicyclic) bond motifs is 1. The molecule has 0 atom stereocenters. The normalized spacial score (nSPS) is 10.4. The Morgan fingerprint density at radius 2 is 2.25 bits per heavy atom. The van der Waals surface area contributed by atoms with Crippen molar-refractivity contribution in [3.05, 3.63) is 45.7 Å². The molecular weight excluding hydrogens is 176 g/mol. The van der Waals surface area contributed by atoms with Crippen LogP contribution >= 0.6 is 11.6 Å². The van der Waals surface area contributed by atoms with Crippen LogP contribution in [0.2, 0.25) is 5.02 Å². The van der Waals surface area contributed by atoms with Gasteiger partial charge in [-0.25, -0.2) is 0 Å². The van der Waals surface area contributed by atoms with Crippen LogP contribution in [0.5, 0.6) is 0 Å². The maximum Gasteiger partial charge on any atom is 0.190 e. The molecule has 0 spiro atoms. The van der Waals surface area contributed by atoms with Crippen LogP contribution in [0.3, 0.4) is 0 Å². The van der Waals surface area contributed by atoms with Gasteiger partial charge >= 0.3 is 0 Å². The van der Waals surface area contributed by atoms with E-state index in [2.05, 4.69) is 4.98 Å². The van der Waals surface area contributed by atoms with Gasteiger partial charge in [-0.2, -0.15) is 0 Å². The number of H-pyrrole nitrogens is 1. The van der Waals surface area contributed by atoms with E-state index in [0.717, 1.165) is 5.52 Å². The molecule has 0 radical (unpaired) electrons. The van der Waals surface area contributed by atoms with E-state index >= 15 is 0 Å². The van der Waals surface area contributed by atoms with Gasteiger partial charge in [0.1, 0.15) is 0 Å². The molecule has 12 heavy (non-hydrogen) atoms. The average molecular weight is 182 g/mol. The fourth-order valence-corrected chi connectivity index (χ4v) is 1.45. The first-order valence-corrected chi connectivity index (χ1v) is 3.93. The number of aromatic amines is 1. The highest BCUT2D eigenvalue weighted by molar-refractivity contribution is 6.35. The van der Waals surface area contributed by atoms with E-state index < -0.39 is 0 Å². The summed E-state index contributed by atoms with van der Waals surface area (Å²) >= 11 is 5.84. The van der Waals surface area contributed by atoms with E-state index in [1.165, 1.54) is 6.07 Å². The van der Waals surface area contributed by atoms with E-state index in [1.54, 1.807) is 18.3 Å². The summed E-state index contributed by atoms with van der Waals surface area (Å²) in [5, 5.41) is 1.05. The van der Waals surface area contributed by atoms with Crippen LogP contribution in [-0.2, 0) is 0 Å². The molecule has 1 aromatic heterocycles. The summed E-state index contributed by atoms with van der Waals surface area (Å²) in [5.74, 6) is 0. The molecule has 2 aromatic rings. The highest BCUT2D eigenvalue weighted by Crippen LogP contribution is 2.17. The van der Waals surface area contributed by atoms with Gasteiger partial charge in [-0.3, -0.25) is 4.79 Å². The fraction of sp³-hybridized carbons (Fsp3) is 0. The van der Waals surface area contributed by atoms with Gasteiger partial charge in [0.15, 0.2) is 5.43 Å². The summed E-state index contributed by atoms with van der Waals surface area (Å²) in [6.45, 7) is 0. The van der Waals surface area contributed by atoms with Gasteiger partial charge in [-0.1, -0.05) is 17.7 Å². The van der Waals surface area contributed by atoms with Gasteiger partial charge in [0, 0.05) is 12.3 Å². The second kappa shape index (κ2) is 2.64. The summed E-state index contributed by atoms with van der Waals surface area (Å²) < 4.78 is 0. The molecule has 0 bridgehead atoms. The second-order valence-corrected chi connectivity index (χ2v) is 2.91. The third-order valence-corrected chi connectivity index (χ3v) is 2.05. The Morgan fingerprint density at radius 1 is 1.42 bits per heavy atom. The van der Waals surface area contributed by atoms with Gasteiger partial charge in [-0.15, -0.1) is 0 Å². The van der Waals surface area contributed by atoms with Crippen molar-refractivity contribution in [2.75, 3.05) is 0 Å². The van der Waals surface area contributed by atoms with Gasteiger partial charge in [0.2, 0.25) is 0 Å². The molecule has 3 heteroatoms. The van der Waals surface area contributed by atoms with E-state index in [1.807, 2.05) is 6.07 Å². The zero-order chi connectivity index (χ0) is 8.55. The van der Waals surface area contributed by atoms with Crippen molar-refractivity contribution in [2.24, 2.45) is 0 Å². The predicted molar refractivity (Wildman–Crippen MR) is 49.6 cm³/mol. The lowest BCUT2D eigenvalue weighted by molar-refractivity contribution is 1.39. The minimum atomic E-state index is -0.0469. The highest BCUT2D eigenvalue weighted by Gasteiger charge is 2.00. The van der Waals surface area contributed by atoms with E-state index in [-0.39, 0.29) is 5.43 Å². The summed E-state index contributed by atoms with van der Waals surface area (Å²) in [4.78, 5) is 14.2. The lowest BCUT2D eigenvalue weighted by atomic mass is 10.2. The lowest BCUT2D eigenvalue weighted by Crippen LogP contribution is -1.99. The number of pyridine rings is 1. The summed E-state index contributed by atoms with van der Waals surface area (Å²) in [6.07, 6.45) is 1.61. The van der Waals surface area contributed by atoms with Crippen molar-refractivity contribution in [3.63, 3.8) is 0 Å². The summed E-state index contributed by atoms with van der Waals surface area (Å²) in [5.41, 5.74) is 0.726. The molecular formula is C9H6ClNO. The van der Waals surface area contributed by atoms with Crippen LogP contribution in [0.25, 0.3) is 10.9 Å². The number of rotatable bonds is 0. The molecule has 2 nitrogen and oxygen atoms in total. The Balaban J connectivity index is 3.07. The van der Waals surface area contributed by atoms with E-state index in [4.69, 9.17) is 11.6 Å².